The number of hydrogen-bond donors (Lipinski definition) is 1. The number of benzene rings is 2. The summed E-state index contributed by atoms with van der Waals surface area (Å²) in [4.78, 5) is 0.0934. The van der Waals surface area contributed by atoms with Crippen molar-refractivity contribution in [3.05, 3.63) is 66.4 Å². The Bertz CT molecular complexity index is 946. The largest absolute Gasteiger partial charge is 0.238 e. The molecule has 6 heteroatoms. The van der Waals surface area contributed by atoms with Crippen LogP contribution in [0.25, 0.3) is 16.9 Å². The van der Waals surface area contributed by atoms with Crippen molar-refractivity contribution in [2.75, 3.05) is 0 Å². The van der Waals surface area contributed by atoms with E-state index < -0.39 is 10.0 Å². The summed E-state index contributed by atoms with van der Waals surface area (Å²) in [5, 5.41) is 9.90. The van der Waals surface area contributed by atoms with Crippen LogP contribution in [-0.4, -0.2) is 18.2 Å². The molecule has 0 fully saturated rings. The summed E-state index contributed by atoms with van der Waals surface area (Å²) in [6, 6.07) is 18.6. The molecule has 0 atom stereocenters. The second-order valence-corrected chi connectivity index (χ2v) is 7.50. The fraction of sp³-hybridized carbons (Fsp3) is 0.211. The van der Waals surface area contributed by atoms with Crippen LogP contribution in [0, 0.1) is 0 Å². The third kappa shape index (κ3) is 3.97. The van der Waals surface area contributed by atoms with Gasteiger partial charge in [0.25, 0.3) is 0 Å². The lowest BCUT2D eigenvalue weighted by Crippen LogP contribution is -2.12. The number of aryl methyl sites for hydroxylation is 1. The lowest BCUT2D eigenvalue weighted by Gasteiger charge is -2.08. The zero-order chi connectivity index (χ0) is 17.9. The van der Waals surface area contributed by atoms with Crippen molar-refractivity contribution < 1.29 is 8.42 Å². The first-order valence-corrected chi connectivity index (χ1v) is 9.81. The maximum atomic E-state index is 11.4. The number of rotatable bonds is 6. The predicted octanol–water partition coefficient (Wildman–Crippen LogP) is 3.53. The molecule has 130 valence electrons. The van der Waals surface area contributed by atoms with Gasteiger partial charge in [0, 0.05) is 5.56 Å². The Kier molecular flexibility index (Phi) is 5.01. The molecule has 0 aliphatic carbocycles. The van der Waals surface area contributed by atoms with Crippen molar-refractivity contribution in [2.24, 2.45) is 5.14 Å². The Hall–Kier alpha value is -2.44. The molecule has 0 spiro atoms. The summed E-state index contributed by atoms with van der Waals surface area (Å²) in [7, 11) is -3.70. The van der Waals surface area contributed by atoms with Gasteiger partial charge in [-0.1, -0.05) is 43.7 Å². The highest BCUT2D eigenvalue weighted by molar-refractivity contribution is 7.89. The Balaban J connectivity index is 2.06. The lowest BCUT2D eigenvalue weighted by atomic mass is 10.1. The van der Waals surface area contributed by atoms with Crippen LogP contribution < -0.4 is 5.14 Å². The van der Waals surface area contributed by atoms with Gasteiger partial charge in [-0.05, 0) is 43.2 Å². The van der Waals surface area contributed by atoms with Gasteiger partial charge in [-0.15, -0.1) is 0 Å². The summed E-state index contributed by atoms with van der Waals surface area (Å²) in [6.45, 7) is 2.15. The molecule has 1 aromatic heterocycles. The van der Waals surface area contributed by atoms with Crippen LogP contribution in [0.2, 0.25) is 0 Å². The van der Waals surface area contributed by atoms with E-state index in [1.807, 2.05) is 35.0 Å². The first-order chi connectivity index (χ1) is 12.0. The Morgan fingerprint density at radius 1 is 1.04 bits per heavy atom. The van der Waals surface area contributed by atoms with Gasteiger partial charge >= 0.3 is 0 Å². The average Bonchev–Trinajstić information content (AvgIpc) is 3.04. The monoisotopic (exact) mass is 355 g/mol. The normalized spacial score (nSPS) is 11.6. The van der Waals surface area contributed by atoms with Gasteiger partial charge in [-0.25, -0.2) is 18.2 Å². The molecule has 3 rings (SSSR count). The molecule has 5 nitrogen and oxygen atoms in total. The minimum Gasteiger partial charge on any atom is -0.233 e. The molecule has 25 heavy (non-hydrogen) atoms. The third-order valence-electron chi connectivity index (χ3n) is 4.03. The van der Waals surface area contributed by atoms with Crippen molar-refractivity contribution >= 4 is 10.0 Å². The molecule has 0 unspecified atom stereocenters. The molecule has 3 aromatic rings. The maximum absolute atomic E-state index is 11.4. The fourth-order valence-electron chi connectivity index (χ4n) is 2.70. The second-order valence-electron chi connectivity index (χ2n) is 5.94. The Labute approximate surface area is 148 Å². The first-order valence-electron chi connectivity index (χ1n) is 8.26. The molecule has 1 heterocycles. The molecule has 2 aromatic carbocycles. The number of sulfonamides is 1. The van der Waals surface area contributed by atoms with Gasteiger partial charge in [0.05, 0.1) is 22.0 Å². The van der Waals surface area contributed by atoms with Gasteiger partial charge in [0.1, 0.15) is 0 Å². The molecular formula is C19H21N3O2S. The molecule has 0 aliphatic heterocycles. The van der Waals surface area contributed by atoms with E-state index in [1.54, 1.807) is 12.1 Å². The van der Waals surface area contributed by atoms with Gasteiger partial charge in [-0.3, -0.25) is 0 Å². The van der Waals surface area contributed by atoms with E-state index >= 15 is 0 Å². The van der Waals surface area contributed by atoms with Gasteiger partial charge < -0.3 is 0 Å². The first kappa shape index (κ1) is 17.4. The van der Waals surface area contributed by atoms with E-state index in [1.165, 1.54) is 12.1 Å². The second kappa shape index (κ2) is 7.21. The molecule has 0 saturated heterocycles. The quantitative estimate of drug-likeness (QED) is 0.735. The van der Waals surface area contributed by atoms with Crippen molar-refractivity contribution in [3.63, 3.8) is 0 Å². The number of nitrogens with two attached hydrogens (primary N) is 1. The standard InChI is InChI=1S/C19H21N3O2S/c1-2-3-9-16-14-19(15-7-5-4-6-8-15)22(21-16)17-10-12-18(13-11-17)25(20,23)24/h4-8,10-14H,2-3,9H2,1H3,(H2,20,23,24). The molecular weight excluding hydrogens is 334 g/mol. The van der Waals surface area contributed by atoms with Gasteiger partial charge in [-0.2, -0.15) is 5.10 Å². The smallest absolute Gasteiger partial charge is 0.233 e. The highest BCUT2D eigenvalue weighted by Gasteiger charge is 2.13. The van der Waals surface area contributed by atoms with Crippen LogP contribution in [0.1, 0.15) is 25.5 Å². The molecule has 0 bridgehead atoms. The topological polar surface area (TPSA) is 78.0 Å². The molecule has 0 aliphatic rings. The highest BCUT2D eigenvalue weighted by Crippen LogP contribution is 2.25. The Morgan fingerprint density at radius 3 is 2.32 bits per heavy atom. The minimum atomic E-state index is -3.70. The van der Waals surface area contributed by atoms with Crippen molar-refractivity contribution in [2.45, 2.75) is 31.1 Å². The zero-order valence-corrected chi connectivity index (χ0v) is 14.9. The molecule has 2 N–H and O–H groups in total. The number of hydrogen-bond acceptors (Lipinski definition) is 3. The molecule has 0 amide bonds. The van der Waals surface area contributed by atoms with Crippen molar-refractivity contribution in [1.29, 1.82) is 0 Å². The van der Waals surface area contributed by atoms with Crippen molar-refractivity contribution in [3.8, 4) is 16.9 Å². The SMILES string of the molecule is CCCCc1cc(-c2ccccc2)n(-c2ccc(S(N)(=O)=O)cc2)n1. The third-order valence-corrected chi connectivity index (χ3v) is 4.96. The number of unbranched alkanes of at least 4 members (excludes halogenated alkanes) is 1. The summed E-state index contributed by atoms with van der Waals surface area (Å²) >= 11 is 0. The van der Waals surface area contributed by atoms with E-state index in [0.717, 1.165) is 41.9 Å². The van der Waals surface area contributed by atoms with Gasteiger partial charge in [0.2, 0.25) is 10.0 Å². The number of aromatic nitrogens is 2. The molecule has 0 saturated carbocycles. The summed E-state index contributed by atoms with van der Waals surface area (Å²) in [5.74, 6) is 0. The van der Waals surface area contributed by atoms with Gasteiger partial charge in [0.15, 0.2) is 0 Å². The number of nitrogens with zero attached hydrogens (tertiary/aromatic N) is 2. The van der Waals surface area contributed by atoms with Crippen LogP contribution in [-0.2, 0) is 16.4 Å². The van der Waals surface area contributed by atoms with E-state index in [-0.39, 0.29) is 4.90 Å². The fourth-order valence-corrected chi connectivity index (χ4v) is 3.21. The minimum absolute atomic E-state index is 0.0934. The maximum Gasteiger partial charge on any atom is 0.238 e. The summed E-state index contributed by atoms with van der Waals surface area (Å²) in [5.41, 5.74) is 3.87. The summed E-state index contributed by atoms with van der Waals surface area (Å²) < 4.78 is 24.7. The van der Waals surface area contributed by atoms with E-state index in [0.29, 0.717) is 0 Å². The molecule has 0 radical (unpaired) electrons. The zero-order valence-electron chi connectivity index (χ0n) is 14.1. The van der Waals surface area contributed by atoms with Crippen LogP contribution >= 0.6 is 0 Å². The van der Waals surface area contributed by atoms with E-state index in [4.69, 9.17) is 10.2 Å². The van der Waals surface area contributed by atoms with E-state index in [9.17, 15) is 8.42 Å². The van der Waals surface area contributed by atoms with E-state index in [2.05, 4.69) is 13.0 Å². The van der Waals surface area contributed by atoms with Crippen LogP contribution in [0.3, 0.4) is 0 Å². The Morgan fingerprint density at radius 2 is 1.72 bits per heavy atom. The number of primary sulfonamides is 1. The van der Waals surface area contributed by atoms with Crippen LogP contribution in [0.5, 0.6) is 0 Å². The van der Waals surface area contributed by atoms with Crippen molar-refractivity contribution in [1.82, 2.24) is 9.78 Å². The van der Waals surface area contributed by atoms with Crippen LogP contribution in [0.4, 0.5) is 0 Å². The highest BCUT2D eigenvalue weighted by atomic mass is 32.2. The van der Waals surface area contributed by atoms with Crippen LogP contribution in [0.15, 0.2) is 65.6 Å². The summed E-state index contributed by atoms with van der Waals surface area (Å²) in [6.07, 6.45) is 3.10. The lowest BCUT2D eigenvalue weighted by molar-refractivity contribution is 0.598. The predicted molar refractivity (Wildman–Crippen MR) is 99.0 cm³/mol. The average molecular weight is 355 g/mol.